The Hall–Kier alpha value is -1.48. The number of benzene rings is 1. The summed E-state index contributed by atoms with van der Waals surface area (Å²) in [7, 11) is 0. The van der Waals surface area contributed by atoms with Gasteiger partial charge in [0.05, 0.1) is 11.1 Å². The molecule has 0 aliphatic carbocycles. The fourth-order valence-electron chi connectivity index (χ4n) is 1.40. The summed E-state index contributed by atoms with van der Waals surface area (Å²) in [6, 6.07) is 4.47. The number of nitrogens with zero attached hydrogens (tertiary/aromatic N) is 1. The molecule has 0 aromatic heterocycles. The van der Waals surface area contributed by atoms with E-state index in [9.17, 15) is 10.2 Å². The van der Waals surface area contributed by atoms with Crippen molar-refractivity contribution in [2.75, 3.05) is 6.79 Å². The molecule has 1 aromatic carbocycles. The van der Waals surface area contributed by atoms with E-state index in [1.54, 1.807) is 0 Å². The van der Waals surface area contributed by atoms with Crippen molar-refractivity contribution in [3.63, 3.8) is 0 Å². The Kier molecular flexibility index (Phi) is 2.88. The minimum Gasteiger partial charge on any atom is -0.454 e. The molecule has 6 heteroatoms. The van der Waals surface area contributed by atoms with Gasteiger partial charge in [0, 0.05) is 11.6 Å². The first kappa shape index (κ1) is 11.0. The lowest BCUT2D eigenvalue weighted by molar-refractivity contribution is 0.0527. The Morgan fingerprint density at radius 1 is 1.31 bits per heavy atom. The quantitative estimate of drug-likeness (QED) is 0.755. The highest BCUT2D eigenvalue weighted by Crippen LogP contribution is 2.39. The summed E-state index contributed by atoms with van der Waals surface area (Å²) in [4.78, 5) is 0. The van der Waals surface area contributed by atoms with Gasteiger partial charge in [-0.05, 0) is 6.07 Å². The molecule has 1 aliphatic rings. The Morgan fingerprint density at radius 2 is 1.94 bits per heavy atom. The minimum atomic E-state index is -1.53. The normalized spacial score (nSPS) is 16.6. The molecular weight excluding hydrogens is 234 g/mol. The average molecular weight is 242 g/mol. The van der Waals surface area contributed by atoms with E-state index in [2.05, 4.69) is 0 Å². The second-order valence-electron chi connectivity index (χ2n) is 3.25. The molecule has 2 rings (SSSR count). The monoisotopic (exact) mass is 241 g/mol. The summed E-state index contributed by atoms with van der Waals surface area (Å²) in [6.45, 7) is 0.0893. The van der Waals surface area contributed by atoms with Crippen LogP contribution in [0.25, 0.3) is 0 Å². The molecule has 84 valence electrons. The number of rotatable bonds is 2. The third kappa shape index (κ3) is 1.78. The van der Waals surface area contributed by atoms with Crippen molar-refractivity contribution in [2.45, 2.75) is 12.2 Å². The lowest BCUT2D eigenvalue weighted by Gasteiger charge is -2.14. The van der Waals surface area contributed by atoms with Gasteiger partial charge in [-0.1, -0.05) is 11.6 Å². The van der Waals surface area contributed by atoms with Gasteiger partial charge in [-0.15, -0.1) is 0 Å². The summed E-state index contributed by atoms with van der Waals surface area (Å²) in [6.07, 6.45) is -2.90. The maximum absolute atomic E-state index is 9.65. The summed E-state index contributed by atoms with van der Waals surface area (Å²) in [5.74, 6) is 0.913. The van der Waals surface area contributed by atoms with Crippen molar-refractivity contribution in [2.24, 2.45) is 0 Å². The smallest absolute Gasteiger partial charge is 0.231 e. The largest absolute Gasteiger partial charge is 0.454 e. The molecule has 0 spiro atoms. The molecule has 1 aromatic rings. The number of hydrogen-bond donors (Lipinski definition) is 2. The van der Waals surface area contributed by atoms with E-state index in [0.717, 1.165) is 0 Å². The molecule has 0 fully saturated rings. The molecule has 2 atom stereocenters. The molecule has 1 heterocycles. The highest BCUT2D eigenvalue weighted by Gasteiger charge is 2.24. The van der Waals surface area contributed by atoms with Gasteiger partial charge >= 0.3 is 0 Å². The number of aliphatic hydroxyl groups excluding tert-OH is 2. The van der Waals surface area contributed by atoms with Crippen molar-refractivity contribution in [1.82, 2.24) is 0 Å². The molecule has 0 amide bonds. The van der Waals surface area contributed by atoms with Crippen LogP contribution in [0, 0.1) is 11.3 Å². The fourth-order valence-corrected chi connectivity index (χ4v) is 1.67. The zero-order chi connectivity index (χ0) is 11.7. The predicted octanol–water partition coefficient (Wildman–Crippen LogP) is 0.987. The van der Waals surface area contributed by atoms with Gasteiger partial charge in [-0.3, -0.25) is 0 Å². The first-order valence-electron chi connectivity index (χ1n) is 4.48. The van der Waals surface area contributed by atoms with Gasteiger partial charge in [-0.25, -0.2) is 0 Å². The Labute approximate surface area is 96.4 Å². The van der Waals surface area contributed by atoms with Crippen molar-refractivity contribution in [3.8, 4) is 17.6 Å². The van der Waals surface area contributed by atoms with Crippen LogP contribution >= 0.6 is 11.6 Å². The third-order valence-corrected chi connectivity index (χ3v) is 2.57. The molecule has 0 saturated carbocycles. The first-order chi connectivity index (χ1) is 7.63. The SMILES string of the molecule is N#CC(O)C(O)c1cc2c(cc1Cl)OCO2. The molecule has 0 bridgehead atoms. The van der Waals surface area contributed by atoms with E-state index in [0.29, 0.717) is 11.5 Å². The number of hydrogen-bond acceptors (Lipinski definition) is 5. The lowest BCUT2D eigenvalue weighted by Crippen LogP contribution is -2.16. The molecule has 16 heavy (non-hydrogen) atoms. The number of halogens is 1. The van der Waals surface area contributed by atoms with Gasteiger partial charge in [0.2, 0.25) is 6.79 Å². The van der Waals surface area contributed by atoms with Gasteiger partial charge in [0.1, 0.15) is 6.10 Å². The Bertz CT molecular complexity index is 457. The van der Waals surface area contributed by atoms with E-state index in [1.807, 2.05) is 0 Å². The van der Waals surface area contributed by atoms with E-state index < -0.39 is 12.2 Å². The van der Waals surface area contributed by atoms with Crippen LogP contribution in [0.5, 0.6) is 11.5 Å². The van der Waals surface area contributed by atoms with Crippen LogP contribution in [0.2, 0.25) is 5.02 Å². The second-order valence-corrected chi connectivity index (χ2v) is 3.65. The summed E-state index contributed by atoms with van der Waals surface area (Å²) in [5.41, 5.74) is 0.236. The van der Waals surface area contributed by atoms with Crippen molar-refractivity contribution >= 4 is 11.6 Å². The average Bonchev–Trinajstić information content (AvgIpc) is 2.72. The number of aliphatic hydroxyl groups is 2. The molecule has 5 nitrogen and oxygen atoms in total. The summed E-state index contributed by atoms with van der Waals surface area (Å²) in [5, 5.41) is 27.6. The van der Waals surface area contributed by atoms with E-state index in [1.165, 1.54) is 18.2 Å². The number of fused-ring (bicyclic) bond motifs is 1. The van der Waals surface area contributed by atoms with Crippen LogP contribution in [-0.4, -0.2) is 23.1 Å². The maximum atomic E-state index is 9.65. The predicted molar refractivity (Wildman–Crippen MR) is 54.2 cm³/mol. The van der Waals surface area contributed by atoms with Crippen molar-refractivity contribution < 1.29 is 19.7 Å². The van der Waals surface area contributed by atoms with Gasteiger partial charge in [-0.2, -0.15) is 5.26 Å². The standard InChI is InChI=1S/C10H8ClNO4/c11-6-2-9-8(15-4-16-9)1-5(6)10(14)7(13)3-12/h1-2,7,10,13-14H,4H2. The van der Waals surface area contributed by atoms with Crippen LogP contribution in [0.4, 0.5) is 0 Å². The number of ether oxygens (including phenoxy) is 2. The van der Waals surface area contributed by atoms with E-state index in [4.69, 9.17) is 26.3 Å². The topological polar surface area (TPSA) is 82.7 Å². The van der Waals surface area contributed by atoms with Crippen LogP contribution in [0.1, 0.15) is 11.7 Å². The molecule has 2 unspecified atom stereocenters. The molecular formula is C10H8ClNO4. The van der Waals surface area contributed by atoms with Crippen molar-refractivity contribution in [1.29, 1.82) is 5.26 Å². The highest BCUT2D eigenvalue weighted by atomic mass is 35.5. The van der Waals surface area contributed by atoms with Crippen LogP contribution in [0.3, 0.4) is 0 Å². The molecule has 2 N–H and O–H groups in total. The fraction of sp³-hybridized carbons (Fsp3) is 0.300. The second kappa shape index (κ2) is 4.18. The Morgan fingerprint density at radius 3 is 2.56 bits per heavy atom. The summed E-state index contributed by atoms with van der Waals surface area (Å²) >= 11 is 5.89. The highest BCUT2D eigenvalue weighted by molar-refractivity contribution is 6.31. The summed E-state index contributed by atoms with van der Waals surface area (Å²) < 4.78 is 10.2. The molecule has 0 radical (unpaired) electrons. The zero-order valence-corrected chi connectivity index (χ0v) is 8.81. The van der Waals surface area contributed by atoms with Crippen LogP contribution < -0.4 is 9.47 Å². The van der Waals surface area contributed by atoms with Gasteiger partial charge in [0.25, 0.3) is 0 Å². The molecule has 0 saturated heterocycles. The minimum absolute atomic E-state index is 0.0893. The van der Waals surface area contributed by atoms with Gasteiger partial charge < -0.3 is 19.7 Å². The maximum Gasteiger partial charge on any atom is 0.231 e. The van der Waals surface area contributed by atoms with Crippen LogP contribution in [0.15, 0.2) is 12.1 Å². The third-order valence-electron chi connectivity index (χ3n) is 2.24. The van der Waals surface area contributed by atoms with Gasteiger partial charge in [0.15, 0.2) is 17.6 Å². The number of nitriles is 1. The van der Waals surface area contributed by atoms with Crippen molar-refractivity contribution in [3.05, 3.63) is 22.7 Å². The first-order valence-corrected chi connectivity index (χ1v) is 4.86. The molecule has 1 aliphatic heterocycles. The van der Waals surface area contributed by atoms with E-state index >= 15 is 0 Å². The Balaban J connectivity index is 2.39. The van der Waals surface area contributed by atoms with Crippen LogP contribution in [-0.2, 0) is 0 Å². The lowest BCUT2D eigenvalue weighted by atomic mass is 10.0. The zero-order valence-electron chi connectivity index (χ0n) is 8.05. The van der Waals surface area contributed by atoms with E-state index in [-0.39, 0.29) is 17.4 Å².